The summed E-state index contributed by atoms with van der Waals surface area (Å²) in [6.45, 7) is 5.87. The maximum absolute atomic E-state index is 6.13. The number of hydrogen-bond acceptors (Lipinski definition) is 4. The SMILES string of the molecule is C=CCc1c(N)nc(N2CCCC2)c2ncccc12. The van der Waals surface area contributed by atoms with Gasteiger partial charge in [-0.1, -0.05) is 12.1 Å². The molecule has 2 aromatic rings. The Hall–Kier alpha value is -2.10. The molecule has 0 radical (unpaired) electrons. The molecule has 0 spiro atoms. The van der Waals surface area contributed by atoms with E-state index in [0.29, 0.717) is 5.82 Å². The highest BCUT2D eigenvalue weighted by Gasteiger charge is 2.19. The van der Waals surface area contributed by atoms with Crippen LogP contribution in [0.5, 0.6) is 0 Å². The largest absolute Gasteiger partial charge is 0.383 e. The van der Waals surface area contributed by atoms with Gasteiger partial charge < -0.3 is 10.6 Å². The molecule has 1 aliphatic rings. The van der Waals surface area contributed by atoms with Crippen LogP contribution in [0.1, 0.15) is 18.4 Å². The van der Waals surface area contributed by atoms with E-state index >= 15 is 0 Å². The average Bonchev–Trinajstić information content (AvgIpc) is 2.95. The number of nitrogens with two attached hydrogens (primary N) is 1. The van der Waals surface area contributed by atoms with Crippen LogP contribution in [0.4, 0.5) is 11.6 Å². The molecular weight excluding hydrogens is 236 g/mol. The monoisotopic (exact) mass is 254 g/mol. The van der Waals surface area contributed by atoms with Gasteiger partial charge in [-0.2, -0.15) is 0 Å². The molecule has 0 amide bonds. The lowest BCUT2D eigenvalue weighted by Crippen LogP contribution is -2.20. The van der Waals surface area contributed by atoms with Gasteiger partial charge in [0.1, 0.15) is 11.3 Å². The van der Waals surface area contributed by atoms with Crippen LogP contribution in [-0.4, -0.2) is 23.1 Å². The van der Waals surface area contributed by atoms with E-state index < -0.39 is 0 Å². The highest BCUT2D eigenvalue weighted by molar-refractivity contribution is 5.94. The Morgan fingerprint density at radius 1 is 1.37 bits per heavy atom. The number of rotatable bonds is 3. The quantitative estimate of drug-likeness (QED) is 0.855. The molecule has 1 fully saturated rings. The molecule has 3 rings (SSSR count). The first-order chi connectivity index (χ1) is 9.31. The molecule has 19 heavy (non-hydrogen) atoms. The second-order valence-corrected chi connectivity index (χ2v) is 4.89. The molecule has 4 nitrogen and oxygen atoms in total. The Morgan fingerprint density at radius 2 is 2.16 bits per heavy atom. The summed E-state index contributed by atoms with van der Waals surface area (Å²) in [6, 6.07) is 4.01. The minimum atomic E-state index is 0.599. The summed E-state index contributed by atoms with van der Waals surface area (Å²) in [5.41, 5.74) is 8.11. The summed E-state index contributed by atoms with van der Waals surface area (Å²) in [4.78, 5) is 11.4. The topological polar surface area (TPSA) is 55.0 Å². The van der Waals surface area contributed by atoms with E-state index in [9.17, 15) is 0 Å². The maximum Gasteiger partial charge on any atom is 0.157 e. The molecule has 3 heterocycles. The van der Waals surface area contributed by atoms with Crippen LogP contribution in [0.3, 0.4) is 0 Å². The second-order valence-electron chi connectivity index (χ2n) is 4.89. The van der Waals surface area contributed by atoms with E-state index in [4.69, 9.17) is 5.73 Å². The van der Waals surface area contributed by atoms with Crippen molar-refractivity contribution in [2.45, 2.75) is 19.3 Å². The van der Waals surface area contributed by atoms with Crippen LogP contribution in [0.25, 0.3) is 10.9 Å². The molecular formula is C15H18N4. The van der Waals surface area contributed by atoms with Gasteiger partial charge >= 0.3 is 0 Å². The van der Waals surface area contributed by atoms with Gasteiger partial charge in [0.05, 0.1) is 0 Å². The highest BCUT2D eigenvalue weighted by atomic mass is 15.2. The first kappa shape index (κ1) is 12.0. The molecule has 0 aromatic carbocycles. The van der Waals surface area contributed by atoms with E-state index in [2.05, 4.69) is 27.5 Å². The van der Waals surface area contributed by atoms with E-state index in [1.807, 2.05) is 18.3 Å². The zero-order valence-electron chi connectivity index (χ0n) is 11.0. The van der Waals surface area contributed by atoms with Gasteiger partial charge in [-0.05, 0) is 25.3 Å². The normalized spacial score (nSPS) is 15.1. The Balaban J connectivity index is 2.23. The zero-order chi connectivity index (χ0) is 13.2. The Morgan fingerprint density at radius 3 is 2.89 bits per heavy atom. The van der Waals surface area contributed by atoms with Gasteiger partial charge in [0.2, 0.25) is 0 Å². The average molecular weight is 254 g/mol. The molecule has 98 valence electrons. The molecule has 1 aliphatic heterocycles. The van der Waals surface area contributed by atoms with Crippen molar-refractivity contribution >= 4 is 22.5 Å². The van der Waals surface area contributed by atoms with Gasteiger partial charge in [-0.25, -0.2) is 4.98 Å². The number of nitrogen functional groups attached to an aromatic ring is 1. The Bertz CT molecular complexity index is 615. The third-order valence-corrected chi connectivity index (χ3v) is 3.63. The van der Waals surface area contributed by atoms with Crippen molar-refractivity contribution in [1.29, 1.82) is 0 Å². The third-order valence-electron chi connectivity index (χ3n) is 3.63. The van der Waals surface area contributed by atoms with Crippen molar-refractivity contribution in [3.8, 4) is 0 Å². The van der Waals surface area contributed by atoms with E-state index in [0.717, 1.165) is 41.8 Å². The lowest BCUT2D eigenvalue weighted by Gasteiger charge is -2.20. The predicted octanol–water partition coefficient (Wildman–Crippen LogP) is 2.54. The number of fused-ring (bicyclic) bond motifs is 1. The zero-order valence-corrected chi connectivity index (χ0v) is 11.0. The first-order valence-electron chi connectivity index (χ1n) is 6.70. The van der Waals surface area contributed by atoms with Crippen LogP contribution < -0.4 is 10.6 Å². The number of aromatic nitrogens is 2. The van der Waals surface area contributed by atoms with Gasteiger partial charge in [0.25, 0.3) is 0 Å². The van der Waals surface area contributed by atoms with Gasteiger partial charge in [-0.3, -0.25) is 4.98 Å². The van der Waals surface area contributed by atoms with Crippen LogP contribution in [0, 0.1) is 0 Å². The standard InChI is InChI=1S/C15H18N4/c1-2-6-12-11-7-5-8-17-13(11)15(18-14(12)16)19-9-3-4-10-19/h2,5,7-8H,1,3-4,6,9-10H2,(H2,16,18). The molecule has 0 saturated carbocycles. The van der Waals surface area contributed by atoms with Crippen molar-refractivity contribution in [3.63, 3.8) is 0 Å². The smallest absolute Gasteiger partial charge is 0.157 e. The number of anilines is 2. The minimum absolute atomic E-state index is 0.599. The maximum atomic E-state index is 6.13. The highest BCUT2D eigenvalue weighted by Crippen LogP contribution is 2.31. The van der Waals surface area contributed by atoms with Crippen molar-refractivity contribution in [2.24, 2.45) is 0 Å². The van der Waals surface area contributed by atoms with Gasteiger partial charge in [0, 0.05) is 30.2 Å². The fourth-order valence-corrected chi connectivity index (χ4v) is 2.71. The minimum Gasteiger partial charge on any atom is -0.383 e. The molecule has 1 saturated heterocycles. The first-order valence-corrected chi connectivity index (χ1v) is 6.70. The summed E-state index contributed by atoms with van der Waals surface area (Å²) in [5, 5.41) is 1.09. The molecule has 0 aliphatic carbocycles. The lowest BCUT2D eigenvalue weighted by atomic mass is 10.1. The van der Waals surface area contributed by atoms with Crippen molar-refractivity contribution in [2.75, 3.05) is 23.7 Å². The fourth-order valence-electron chi connectivity index (χ4n) is 2.71. The van der Waals surface area contributed by atoms with Crippen LogP contribution >= 0.6 is 0 Å². The number of nitrogens with zero attached hydrogens (tertiary/aromatic N) is 3. The Kier molecular flexibility index (Phi) is 3.07. The third kappa shape index (κ3) is 2.03. The van der Waals surface area contributed by atoms with Crippen molar-refractivity contribution in [1.82, 2.24) is 9.97 Å². The lowest BCUT2D eigenvalue weighted by molar-refractivity contribution is 0.942. The number of allylic oxidation sites excluding steroid dienone is 1. The van der Waals surface area contributed by atoms with Gasteiger partial charge in [0.15, 0.2) is 5.82 Å². The number of pyridine rings is 2. The molecule has 0 atom stereocenters. The van der Waals surface area contributed by atoms with E-state index in [1.54, 1.807) is 0 Å². The molecule has 4 heteroatoms. The summed E-state index contributed by atoms with van der Waals surface area (Å²) in [5.74, 6) is 1.53. The van der Waals surface area contributed by atoms with Crippen LogP contribution in [0.15, 0.2) is 31.0 Å². The summed E-state index contributed by atoms with van der Waals surface area (Å²) in [6.07, 6.45) is 6.82. The summed E-state index contributed by atoms with van der Waals surface area (Å²) >= 11 is 0. The van der Waals surface area contributed by atoms with Crippen LogP contribution in [-0.2, 0) is 6.42 Å². The van der Waals surface area contributed by atoms with Crippen molar-refractivity contribution in [3.05, 3.63) is 36.5 Å². The van der Waals surface area contributed by atoms with E-state index in [-0.39, 0.29) is 0 Å². The fraction of sp³-hybridized carbons (Fsp3) is 0.333. The summed E-state index contributed by atoms with van der Waals surface area (Å²) in [7, 11) is 0. The van der Waals surface area contributed by atoms with Gasteiger partial charge in [-0.15, -0.1) is 6.58 Å². The Labute approximate surface area is 113 Å². The molecule has 0 unspecified atom stereocenters. The predicted molar refractivity (Wildman–Crippen MR) is 79.3 cm³/mol. The molecule has 2 N–H and O–H groups in total. The number of hydrogen-bond donors (Lipinski definition) is 1. The molecule has 2 aromatic heterocycles. The van der Waals surface area contributed by atoms with Crippen molar-refractivity contribution < 1.29 is 0 Å². The van der Waals surface area contributed by atoms with Crippen LogP contribution in [0.2, 0.25) is 0 Å². The summed E-state index contributed by atoms with van der Waals surface area (Å²) < 4.78 is 0. The molecule has 0 bridgehead atoms. The van der Waals surface area contributed by atoms with E-state index in [1.165, 1.54) is 12.8 Å². The second kappa shape index (κ2) is 4.88.